The van der Waals surface area contributed by atoms with Crippen LogP contribution in [0.1, 0.15) is 33.6 Å². The number of nitrogens with zero attached hydrogens (tertiary/aromatic N) is 4. The molecule has 5 rings (SSSR count). The average molecular weight is 491 g/mol. The molecular weight excluding hydrogens is 468 g/mol. The maximum absolute atomic E-state index is 12.7. The highest BCUT2D eigenvalue weighted by molar-refractivity contribution is 7.89. The maximum atomic E-state index is 12.7. The summed E-state index contributed by atoms with van der Waals surface area (Å²) in [5, 5.41) is 4.29. The van der Waals surface area contributed by atoms with Gasteiger partial charge in [-0.2, -0.15) is 9.40 Å². The normalized spacial score (nSPS) is 14.2. The van der Waals surface area contributed by atoms with E-state index in [-0.39, 0.29) is 16.0 Å². The van der Waals surface area contributed by atoms with Gasteiger partial charge in [0.2, 0.25) is 10.0 Å². The van der Waals surface area contributed by atoms with Crippen molar-refractivity contribution in [2.24, 2.45) is 0 Å². The smallest absolute Gasteiger partial charge is 0.267 e. The van der Waals surface area contributed by atoms with Crippen molar-refractivity contribution in [2.45, 2.75) is 17.7 Å². The molecule has 0 radical (unpaired) electrons. The summed E-state index contributed by atoms with van der Waals surface area (Å²) < 4.78 is 28.3. The Balaban J connectivity index is 1.28. The number of carbonyl (C=O) groups excluding carboxylic acids is 2. The van der Waals surface area contributed by atoms with E-state index in [1.807, 2.05) is 30.3 Å². The number of hydrazine groups is 1. The number of carbonyl (C=O) groups is 2. The molecule has 10 nitrogen and oxygen atoms in total. The number of hydrogen-bond acceptors (Lipinski definition) is 6. The minimum atomic E-state index is -3.57. The van der Waals surface area contributed by atoms with E-state index in [4.69, 9.17) is 0 Å². The van der Waals surface area contributed by atoms with Gasteiger partial charge in [0, 0.05) is 30.4 Å². The molecular formula is C24H22N6O4S. The van der Waals surface area contributed by atoms with Crippen molar-refractivity contribution in [3.63, 3.8) is 0 Å². The summed E-state index contributed by atoms with van der Waals surface area (Å²) in [4.78, 5) is 29.6. The molecule has 11 heteroatoms. The van der Waals surface area contributed by atoms with E-state index < -0.39 is 21.8 Å². The second-order valence-corrected chi connectivity index (χ2v) is 9.97. The Kier molecular flexibility index (Phi) is 6.01. The fourth-order valence-corrected chi connectivity index (χ4v) is 5.51. The minimum absolute atomic E-state index is 0.131. The lowest BCUT2D eigenvalue weighted by Gasteiger charge is -2.15. The Hall–Kier alpha value is -4.09. The van der Waals surface area contributed by atoms with Crippen LogP contribution in [0.4, 0.5) is 0 Å². The zero-order valence-corrected chi connectivity index (χ0v) is 19.4. The molecule has 3 heterocycles. The topological polar surface area (TPSA) is 126 Å². The molecule has 2 aromatic carbocycles. The predicted octanol–water partition coefficient (Wildman–Crippen LogP) is 2.26. The number of aromatic nitrogens is 3. The minimum Gasteiger partial charge on any atom is -0.267 e. The van der Waals surface area contributed by atoms with Crippen molar-refractivity contribution in [3.05, 3.63) is 84.2 Å². The van der Waals surface area contributed by atoms with E-state index >= 15 is 0 Å². The standard InChI is InChI=1S/C24H22N6O4S/c31-23(18-8-10-19(11-9-18)35(33,34)29-14-4-5-15-29)27-28-24(32)20-16-26-30-21(12-13-25-22(20)30)17-6-2-1-3-7-17/h1-3,6-13,16H,4-5,14-15H2,(H,27,31)(H,28,32). The number of hydrogen-bond donors (Lipinski definition) is 2. The first-order valence-electron chi connectivity index (χ1n) is 11.0. The van der Waals surface area contributed by atoms with E-state index in [1.54, 1.807) is 16.8 Å². The van der Waals surface area contributed by atoms with E-state index in [0.29, 0.717) is 18.7 Å². The monoisotopic (exact) mass is 490 g/mol. The lowest BCUT2D eigenvalue weighted by atomic mass is 10.1. The molecule has 35 heavy (non-hydrogen) atoms. The van der Waals surface area contributed by atoms with Crippen LogP contribution in [0.5, 0.6) is 0 Å². The van der Waals surface area contributed by atoms with Crippen molar-refractivity contribution >= 4 is 27.5 Å². The highest BCUT2D eigenvalue weighted by atomic mass is 32.2. The third-order valence-electron chi connectivity index (χ3n) is 5.82. The van der Waals surface area contributed by atoms with Crippen molar-refractivity contribution in [1.29, 1.82) is 0 Å². The van der Waals surface area contributed by atoms with Gasteiger partial charge in [-0.15, -0.1) is 0 Å². The van der Waals surface area contributed by atoms with Crippen LogP contribution < -0.4 is 10.9 Å². The number of rotatable bonds is 5. The van der Waals surface area contributed by atoms with Crippen molar-refractivity contribution in [2.75, 3.05) is 13.1 Å². The van der Waals surface area contributed by atoms with Crippen molar-refractivity contribution in [3.8, 4) is 11.3 Å². The summed E-state index contributed by atoms with van der Waals surface area (Å²) in [5.74, 6) is -1.17. The summed E-state index contributed by atoms with van der Waals surface area (Å²) in [5.41, 5.74) is 7.13. The molecule has 0 aliphatic carbocycles. The lowest BCUT2D eigenvalue weighted by Crippen LogP contribution is -2.41. The van der Waals surface area contributed by atoms with E-state index in [1.165, 1.54) is 34.8 Å². The van der Waals surface area contributed by atoms with Gasteiger partial charge in [-0.25, -0.2) is 17.9 Å². The Morgan fingerprint density at radius 1 is 0.857 bits per heavy atom. The largest absolute Gasteiger partial charge is 0.275 e. The van der Waals surface area contributed by atoms with Gasteiger partial charge in [-0.3, -0.25) is 20.4 Å². The molecule has 1 aliphatic heterocycles. The van der Waals surface area contributed by atoms with Crippen LogP contribution in [0.25, 0.3) is 16.9 Å². The number of sulfonamides is 1. The van der Waals surface area contributed by atoms with Crippen LogP contribution in [0.3, 0.4) is 0 Å². The van der Waals surface area contributed by atoms with Gasteiger partial charge in [0.15, 0.2) is 5.65 Å². The summed E-state index contributed by atoms with van der Waals surface area (Å²) >= 11 is 0. The Morgan fingerprint density at radius 2 is 1.54 bits per heavy atom. The van der Waals surface area contributed by atoms with Gasteiger partial charge in [0.05, 0.1) is 16.8 Å². The quantitative estimate of drug-likeness (QED) is 0.414. The van der Waals surface area contributed by atoms with Gasteiger partial charge >= 0.3 is 0 Å². The lowest BCUT2D eigenvalue weighted by molar-refractivity contribution is 0.0847. The maximum Gasteiger partial charge on any atom is 0.275 e. The Morgan fingerprint density at radius 3 is 2.26 bits per heavy atom. The van der Waals surface area contributed by atoms with Crippen LogP contribution in [0, 0.1) is 0 Å². The second-order valence-electron chi connectivity index (χ2n) is 8.03. The number of amides is 2. The first kappa shape index (κ1) is 22.7. The molecule has 0 atom stereocenters. The van der Waals surface area contributed by atoms with Gasteiger partial charge in [-0.1, -0.05) is 30.3 Å². The van der Waals surface area contributed by atoms with Crippen LogP contribution in [0.2, 0.25) is 0 Å². The fraction of sp³-hybridized carbons (Fsp3) is 0.167. The first-order valence-corrected chi connectivity index (χ1v) is 12.5. The molecule has 0 saturated carbocycles. The zero-order valence-electron chi connectivity index (χ0n) is 18.6. The summed E-state index contributed by atoms with van der Waals surface area (Å²) in [6, 6.07) is 17.0. The SMILES string of the molecule is O=C(NNC(=O)c1cnn2c(-c3ccccc3)ccnc12)c1ccc(S(=O)(=O)N2CCCC2)cc1. The van der Waals surface area contributed by atoms with Crippen molar-refractivity contribution < 1.29 is 18.0 Å². The molecule has 0 spiro atoms. The highest BCUT2D eigenvalue weighted by Gasteiger charge is 2.27. The molecule has 4 aromatic rings. The summed E-state index contributed by atoms with van der Waals surface area (Å²) in [6.45, 7) is 1.00. The third-order valence-corrected chi connectivity index (χ3v) is 7.74. The fourth-order valence-electron chi connectivity index (χ4n) is 3.99. The van der Waals surface area contributed by atoms with Gasteiger partial charge in [0.25, 0.3) is 11.8 Å². The molecule has 2 aromatic heterocycles. The van der Waals surface area contributed by atoms with E-state index in [0.717, 1.165) is 24.1 Å². The van der Waals surface area contributed by atoms with E-state index in [9.17, 15) is 18.0 Å². The van der Waals surface area contributed by atoms with Crippen LogP contribution in [-0.4, -0.2) is 52.2 Å². The molecule has 2 N–H and O–H groups in total. The molecule has 2 amide bonds. The number of fused-ring (bicyclic) bond motifs is 1. The van der Waals surface area contributed by atoms with Gasteiger partial charge in [-0.05, 0) is 43.2 Å². The molecule has 1 fully saturated rings. The van der Waals surface area contributed by atoms with E-state index in [2.05, 4.69) is 20.9 Å². The highest BCUT2D eigenvalue weighted by Crippen LogP contribution is 2.22. The number of nitrogens with one attached hydrogen (secondary N) is 2. The van der Waals surface area contributed by atoms with Crippen LogP contribution >= 0.6 is 0 Å². The van der Waals surface area contributed by atoms with Crippen LogP contribution in [-0.2, 0) is 10.0 Å². The van der Waals surface area contributed by atoms with Gasteiger partial charge in [0.1, 0.15) is 5.56 Å². The summed E-state index contributed by atoms with van der Waals surface area (Å²) in [6.07, 6.45) is 4.66. The molecule has 1 saturated heterocycles. The number of benzene rings is 2. The zero-order chi connectivity index (χ0) is 24.4. The second kappa shape index (κ2) is 9.28. The molecule has 178 valence electrons. The van der Waals surface area contributed by atoms with Gasteiger partial charge < -0.3 is 0 Å². The first-order chi connectivity index (χ1) is 16.9. The molecule has 1 aliphatic rings. The molecule has 0 bridgehead atoms. The summed E-state index contributed by atoms with van der Waals surface area (Å²) in [7, 11) is -3.57. The Bertz CT molecular complexity index is 1490. The third kappa shape index (κ3) is 4.38. The predicted molar refractivity (Wildman–Crippen MR) is 128 cm³/mol. The van der Waals surface area contributed by atoms with Crippen molar-refractivity contribution in [1.82, 2.24) is 29.8 Å². The molecule has 0 unspecified atom stereocenters. The Labute approximate surface area is 201 Å². The van der Waals surface area contributed by atoms with Crippen LogP contribution in [0.15, 0.2) is 78.0 Å². The average Bonchev–Trinajstić information content (AvgIpc) is 3.58.